The van der Waals surface area contributed by atoms with Crippen molar-refractivity contribution in [1.29, 1.82) is 0 Å². The van der Waals surface area contributed by atoms with Crippen molar-refractivity contribution in [2.45, 2.75) is 39.8 Å². The number of hydrogen-bond donors (Lipinski definition) is 1. The second-order valence-corrected chi connectivity index (χ2v) is 8.01. The van der Waals surface area contributed by atoms with Gasteiger partial charge in [0.15, 0.2) is 5.65 Å². The van der Waals surface area contributed by atoms with E-state index in [9.17, 15) is 9.59 Å². The molecule has 2 aromatic carbocycles. The largest absolute Gasteiger partial charge is 0.348 e. The molecule has 1 N–H and O–H groups in total. The fourth-order valence-electron chi connectivity index (χ4n) is 3.66. The Bertz CT molecular complexity index is 1310. The molecule has 2 heterocycles. The Morgan fingerprint density at radius 1 is 1.00 bits per heavy atom. The first-order valence-corrected chi connectivity index (χ1v) is 10.8. The average molecular weight is 427 g/mol. The van der Waals surface area contributed by atoms with Crippen LogP contribution in [0.25, 0.3) is 22.4 Å². The average Bonchev–Trinajstić information content (AvgIpc) is 2.82. The van der Waals surface area contributed by atoms with Gasteiger partial charge in [-0.1, -0.05) is 43.3 Å². The first-order valence-electron chi connectivity index (χ1n) is 10.8. The van der Waals surface area contributed by atoms with Gasteiger partial charge in [0.1, 0.15) is 11.2 Å². The molecule has 32 heavy (non-hydrogen) atoms. The summed E-state index contributed by atoms with van der Waals surface area (Å²) in [6.07, 6.45) is 2.65. The molecule has 0 aliphatic heterocycles. The lowest BCUT2D eigenvalue weighted by molar-refractivity contribution is 0.0951. The summed E-state index contributed by atoms with van der Waals surface area (Å²) in [5.74, 6) is -0.161. The van der Waals surface area contributed by atoms with Crippen molar-refractivity contribution in [3.63, 3.8) is 0 Å². The van der Waals surface area contributed by atoms with Crippen LogP contribution in [0.5, 0.6) is 0 Å². The van der Waals surface area contributed by atoms with Crippen LogP contribution in [0.1, 0.15) is 48.3 Å². The number of aryl methyl sites for hydroxylation is 1. The van der Waals surface area contributed by atoms with Gasteiger partial charge in [-0.2, -0.15) is 0 Å². The molecule has 162 valence electrons. The maximum absolute atomic E-state index is 13.1. The number of nitrogens with one attached hydrogen (secondary N) is 1. The van der Waals surface area contributed by atoms with E-state index in [1.54, 1.807) is 41.1 Å². The van der Waals surface area contributed by atoms with Crippen LogP contribution in [0.15, 0.2) is 71.7 Å². The Morgan fingerprint density at radius 2 is 1.69 bits per heavy atom. The van der Waals surface area contributed by atoms with Crippen LogP contribution in [0.4, 0.5) is 0 Å². The van der Waals surface area contributed by atoms with E-state index in [1.165, 1.54) is 5.56 Å². The molecule has 0 fully saturated rings. The van der Waals surface area contributed by atoms with Gasteiger partial charge in [-0.25, -0.2) is 9.97 Å². The smallest absolute Gasteiger partial charge is 0.278 e. The van der Waals surface area contributed by atoms with Crippen LogP contribution in [0.3, 0.4) is 0 Å². The summed E-state index contributed by atoms with van der Waals surface area (Å²) < 4.78 is 1.65. The fraction of sp³-hybridized carbons (Fsp3) is 0.231. The van der Waals surface area contributed by atoms with Gasteiger partial charge >= 0.3 is 0 Å². The van der Waals surface area contributed by atoms with E-state index in [2.05, 4.69) is 34.3 Å². The summed E-state index contributed by atoms with van der Waals surface area (Å²) in [4.78, 5) is 34.6. The van der Waals surface area contributed by atoms with E-state index < -0.39 is 0 Å². The van der Waals surface area contributed by atoms with E-state index in [-0.39, 0.29) is 17.5 Å². The summed E-state index contributed by atoms with van der Waals surface area (Å²) in [5, 5.41) is 2.94. The predicted octanol–water partition coefficient (Wildman–Crippen LogP) is 4.53. The van der Waals surface area contributed by atoms with E-state index >= 15 is 0 Å². The fourth-order valence-corrected chi connectivity index (χ4v) is 3.66. The minimum atomic E-state index is -0.195. The van der Waals surface area contributed by atoms with Crippen LogP contribution in [0.2, 0.25) is 0 Å². The van der Waals surface area contributed by atoms with E-state index in [0.29, 0.717) is 34.5 Å². The van der Waals surface area contributed by atoms with Crippen molar-refractivity contribution >= 4 is 17.1 Å². The standard InChI is InChI=1S/C26H26N4O2/c1-4-18-7-9-19(10-8-18)16-28-25(31)21-13-11-20(12-14-21)23-26(32)30(17(2)3)24-22(29-23)6-5-15-27-24/h5-15,17H,4,16H2,1-3H3,(H,28,31). The number of rotatable bonds is 6. The third kappa shape index (κ3) is 4.30. The first kappa shape index (κ1) is 21.4. The highest BCUT2D eigenvalue weighted by atomic mass is 16.1. The molecule has 0 atom stereocenters. The topological polar surface area (TPSA) is 76.9 Å². The predicted molar refractivity (Wildman–Crippen MR) is 127 cm³/mol. The number of pyridine rings is 1. The highest BCUT2D eigenvalue weighted by Gasteiger charge is 2.16. The quantitative estimate of drug-likeness (QED) is 0.491. The molecule has 0 aliphatic carbocycles. The Morgan fingerprint density at radius 3 is 2.34 bits per heavy atom. The number of carbonyl (C=O) groups is 1. The molecule has 0 radical (unpaired) electrons. The lowest BCUT2D eigenvalue weighted by Gasteiger charge is -2.14. The van der Waals surface area contributed by atoms with Crippen molar-refractivity contribution < 1.29 is 4.79 Å². The van der Waals surface area contributed by atoms with Crippen molar-refractivity contribution in [2.75, 3.05) is 0 Å². The molecule has 4 rings (SSSR count). The highest BCUT2D eigenvalue weighted by molar-refractivity contribution is 5.94. The summed E-state index contributed by atoms with van der Waals surface area (Å²) >= 11 is 0. The molecule has 4 aromatic rings. The number of fused-ring (bicyclic) bond motifs is 1. The Labute approximate surface area is 187 Å². The Kier molecular flexibility index (Phi) is 6.12. The summed E-state index contributed by atoms with van der Waals surface area (Å²) in [5.41, 5.74) is 4.90. The third-order valence-electron chi connectivity index (χ3n) is 5.47. The molecule has 0 bridgehead atoms. The number of aromatic nitrogens is 3. The molecule has 0 spiro atoms. The minimum Gasteiger partial charge on any atom is -0.348 e. The van der Waals surface area contributed by atoms with Gasteiger partial charge in [0, 0.05) is 29.9 Å². The zero-order chi connectivity index (χ0) is 22.7. The van der Waals surface area contributed by atoms with Gasteiger partial charge in [-0.3, -0.25) is 14.2 Å². The molecule has 6 heteroatoms. The second kappa shape index (κ2) is 9.14. The van der Waals surface area contributed by atoms with Gasteiger partial charge < -0.3 is 5.32 Å². The Hall–Kier alpha value is -3.80. The van der Waals surface area contributed by atoms with E-state index in [1.807, 2.05) is 32.0 Å². The number of benzene rings is 2. The molecule has 6 nitrogen and oxygen atoms in total. The normalized spacial score (nSPS) is 11.1. The summed E-state index contributed by atoms with van der Waals surface area (Å²) in [6, 6.07) is 18.8. The first-order chi connectivity index (χ1) is 15.5. The number of amides is 1. The van der Waals surface area contributed by atoms with E-state index in [0.717, 1.165) is 12.0 Å². The molecule has 1 amide bonds. The van der Waals surface area contributed by atoms with Crippen LogP contribution < -0.4 is 10.9 Å². The number of hydrogen-bond acceptors (Lipinski definition) is 4. The van der Waals surface area contributed by atoms with E-state index in [4.69, 9.17) is 0 Å². The summed E-state index contributed by atoms with van der Waals surface area (Å²) in [7, 11) is 0. The molecular formula is C26H26N4O2. The maximum atomic E-state index is 13.1. The van der Waals surface area contributed by atoms with Crippen LogP contribution in [0, 0.1) is 0 Å². The van der Waals surface area contributed by atoms with Gasteiger partial charge in [0.25, 0.3) is 11.5 Å². The SMILES string of the molecule is CCc1ccc(CNC(=O)c2ccc(-c3nc4cccnc4n(C(C)C)c3=O)cc2)cc1. The molecule has 0 aliphatic rings. The van der Waals surface area contributed by atoms with Gasteiger partial charge in [0.2, 0.25) is 0 Å². The minimum absolute atomic E-state index is 0.0573. The second-order valence-electron chi connectivity index (χ2n) is 8.01. The zero-order valence-corrected chi connectivity index (χ0v) is 18.5. The number of carbonyl (C=O) groups excluding carboxylic acids is 1. The third-order valence-corrected chi connectivity index (χ3v) is 5.47. The highest BCUT2D eigenvalue weighted by Crippen LogP contribution is 2.19. The van der Waals surface area contributed by atoms with Crippen molar-refractivity contribution in [3.8, 4) is 11.3 Å². The Balaban J connectivity index is 1.57. The van der Waals surface area contributed by atoms with Crippen molar-refractivity contribution in [1.82, 2.24) is 19.9 Å². The molecule has 2 aromatic heterocycles. The van der Waals surface area contributed by atoms with Gasteiger partial charge in [-0.15, -0.1) is 0 Å². The molecule has 0 saturated carbocycles. The van der Waals surface area contributed by atoms with Crippen molar-refractivity contribution in [3.05, 3.63) is 93.9 Å². The molecule has 0 unspecified atom stereocenters. The van der Waals surface area contributed by atoms with Crippen LogP contribution >= 0.6 is 0 Å². The van der Waals surface area contributed by atoms with Gasteiger partial charge in [0.05, 0.1) is 0 Å². The molecular weight excluding hydrogens is 400 g/mol. The number of nitrogens with zero attached hydrogens (tertiary/aromatic N) is 3. The lowest BCUT2D eigenvalue weighted by Crippen LogP contribution is -2.26. The monoisotopic (exact) mass is 426 g/mol. The molecule has 0 saturated heterocycles. The maximum Gasteiger partial charge on any atom is 0.278 e. The lowest BCUT2D eigenvalue weighted by atomic mass is 10.1. The van der Waals surface area contributed by atoms with Crippen molar-refractivity contribution in [2.24, 2.45) is 0 Å². The van der Waals surface area contributed by atoms with Crippen LogP contribution in [-0.4, -0.2) is 20.4 Å². The zero-order valence-electron chi connectivity index (χ0n) is 18.5. The van der Waals surface area contributed by atoms with Gasteiger partial charge in [-0.05, 0) is 55.7 Å². The summed E-state index contributed by atoms with van der Waals surface area (Å²) in [6.45, 7) is 6.47. The van der Waals surface area contributed by atoms with Crippen LogP contribution in [-0.2, 0) is 13.0 Å².